The third-order valence-electron chi connectivity index (χ3n) is 0.967. The van der Waals surface area contributed by atoms with Crippen LogP contribution in [0.15, 0.2) is 0 Å². The summed E-state index contributed by atoms with van der Waals surface area (Å²) in [6, 6.07) is 0. The molecule has 2 amide bonds. The lowest BCUT2D eigenvalue weighted by molar-refractivity contribution is -0.117. The van der Waals surface area contributed by atoms with Gasteiger partial charge in [-0.15, -0.1) is 0 Å². The lowest BCUT2D eigenvalue weighted by Gasteiger charge is -2.00. The zero-order chi connectivity index (χ0) is 9.40. The summed E-state index contributed by atoms with van der Waals surface area (Å²) >= 11 is 1.42. The van der Waals surface area contributed by atoms with E-state index >= 15 is 0 Å². The summed E-state index contributed by atoms with van der Waals surface area (Å²) in [4.78, 5) is 20.5. The summed E-state index contributed by atoms with van der Waals surface area (Å²) in [5, 5.41) is 2.81. The van der Waals surface area contributed by atoms with Gasteiger partial charge in [0.05, 0.1) is 12.3 Å². The Kier molecular flexibility index (Phi) is 6.50. The van der Waals surface area contributed by atoms with Gasteiger partial charge in [-0.25, -0.2) is 0 Å². The van der Waals surface area contributed by atoms with Crippen molar-refractivity contribution < 1.29 is 9.59 Å². The molecule has 0 heterocycles. The van der Waals surface area contributed by atoms with Crippen LogP contribution < -0.4 is 16.8 Å². The molecular weight excluding hydrogens is 178 g/mol. The van der Waals surface area contributed by atoms with Crippen LogP contribution in [0, 0.1) is 0 Å². The van der Waals surface area contributed by atoms with E-state index in [9.17, 15) is 9.59 Å². The Bertz CT molecular complexity index is 145. The van der Waals surface area contributed by atoms with Gasteiger partial charge in [-0.05, 0) is 0 Å². The van der Waals surface area contributed by atoms with Gasteiger partial charge in [0.1, 0.15) is 0 Å². The molecule has 0 spiro atoms. The summed E-state index contributed by atoms with van der Waals surface area (Å²) in [5.74, 6) is 0.360. The van der Waals surface area contributed by atoms with E-state index in [1.54, 1.807) is 0 Å². The van der Waals surface area contributed by atoms with Crippen molar-refractivity contribution in [1.29, 1.82) is 0 Å². The fourth-order valence-corrected chi connectivity index (χ4v) is 1.16. The number of rotatable bonds is 7. The lowest BCUT2D eigenvalue weighted by Crippen LogP contribution is -2.30. The van der Waals surface area contributed by atoms with E-state index < -0.39 is 0 Å². The predicted octanol–water partition coefficient (Wildman–Crippen LogP) is -1.72. The molecule has 0 rings (SSSR count). The van der Waals surface area contributed by atoms with Gasteiger partial charge in [0.2, 0.25) is 11.8 Å². The summed E-state index contributed by atoms with van der Waals surface area (Å²) in [6.07, 6.45) is 0. The standard InChI is InChI=1S/C6H13N3O2S/c7-5(10)3-9-1-2-12-4-6(8)11/h9H,1-4H2,(H2,7,10)(H2,8,11). The van der Waals surface area contributed by atoms with Crippen molar-refractivity contribution in [2.75, 3.05) is 24.6 Å². The van der Waals surface area contributed by atoms with Crippen molar-refractivity contribution in [3.05, 3.63) is 0 Å². The van der Waals surface area contributed by atoms with E-state index in [4.69, 9.17) is 11.5 Å². The molecule has 0 saturated heterocycles. The summed E-state index contributed by atoms with van der Waals surface area (Å²) in [5.41, 5.74) is 9.77. The molecule has 0 aliphatic heterocycles. The zero-order valence-corrected chi connectivity index (χ0v) is 7.52. The Morgan fingerprint density at radius 3 is 2.42 bits per heavy atom. The largest absolute Gasteiger partial charge is 0.369 e. The van der Waals surface area contributed by atoms with Gasteiger partial charge in [-0.3, -0.25) is 9.59 Å². The molecule has 0 unspecified atom stereocenters. The van der Waals surface area contributed by atoms with Crippen LogP contribution in [0.2, 0.25) is 0 Å². The second-order valence-corrected chi connectivity index (χ2v) is 3.27. The highest BCUT2D eigenvalue weighted by molar-refractivity contribution is 7.99. The molecule has 0 saturated carbocycles. The van der Waals surface area contributed by atoms with E-state index in [-0.39, 0.29) is 18.4 Å². The van der Waals surface area contributed by atoms with Crippen molar-refractivity contribution in [3.63, 3.8) is 0 Å². The number of nitrogens with one attached hydrogen (secondary N) is 1. The van der Waals surface area contributed by atoms with Crippen LogP contribution in [0.4, 0.5) is 0 Å². The number of thioether (sulfide) groups is 1. The minimum absolute atomic E-state index is 0.178. The molecule has 0 aromatic carbocycles. The van der Waals surface area contributed by atoms with Gasteiger partial charge in [-0.2, -0.15) is 11.8 Å². The fourth-order valence-electron chi connectivity index (χ4n) is 0.529. The highest BCUT2D eigenvalue weighted by atomic mass is 32.2. The SMILES string of the molecule is NC(=O)CNCCSCC(N)=O. The molecule has 70 valence electrons. The Balaban J connectivity index is 3.01. The molecular formula is C6H13N3O2S. The number of carbonyl (C=O) groups is 2. The lowest BCUT2D eigenvalue weighted by atomic mass is 10.6. The van der Waals surface area contributed by atoms with Gasteiger partial charge in [0.15, 0.2) is 0 Å². The predicted molar refractivity (Wildman–Crippen MR) is 48.6 cm³/mol. The molecule has 0 aliphatic carbocycles. The zero-order valence-electron chi connectivity index (χ0n) is 6.71. The van der Waals surface area contributed by atoms with E-state index in [2.05, 4.69) is 5.32 Å². The second kappa shape index (κ2) is 6.93. The van der Waals surface area contributed by atoms with Crippen molar-refractivity contribution in [2.24, 2.45) is 11.5 Å². The van der Waals surface area contributed by atoms with E-state index in [0.29, 0.717) is 12.3 Å². The van der Waals surface area contributed by atoms with Crippen LogP contribution in [0.25, 0.3) is 0 Å². The first-order chi connectivity index (χ1) is 5.63. The highest BCUT2D eigenvalue weighted by Gasteiger charge is 1.95. The van der Waals surface area contributed by atoms with E-state index in [0.717, 1.165) is 5.75 Å². The van der Waals surface area contributed by atoms with Crippen LogP contribution in [-0.2, 0) is 9.59 Å². The molecule has 12 heavy (non-hydrogen) atoms. The Labute approximate surface area is 75.2 Å². The monoisotopic (exact) mass is 191 g/mol. The maximum atomic E-state index is 10.2. The van der Waals surface area contributed by atoms with Crippen molar-refractivity contribution in [1.82, 2.24) is 5.32 Å². The van der Waals surface area contributed by atoms with Gasteiger partial charge >= 0.3 is 0 Å². The Morgan fingerprint density at radius 1 is 1.25 bits per heavy atom. The van der Waals surface area contributed by atoms with Crippen LogP contribution in [0.5, 0.6) is 0 Å². The number of primary amides is 2. The van der Waals surface area contributed by atoms with Crippen LogP contribution in [-0.4, -0.2) is 36.4 Å². The minimum Gasteiger partial charge on any atom is -0.369 e. The smallest absolute Gasteiger partial charge is 0.231 e. The first kappa shape index (κ1) is 11.2. The third kappa shape index (κ3) is 9.25. The van der Waals surface area contributed by atoms with Crippen LogP contribution in [0.1, 0.15) is 0 Å². The maximum Gasteiger partial charge on any atom is 0.231 e. The Morgan fingerprint density at radius 2 is 1.92 bits per heavy atom. The number of amides is 2. The summed E-state index contributed by atoms with van der Waals surface area (Å²) in [6.45, 7) is 0.831. The maximum absolute atomic E-state index is 10.2. The van der Waals surface area contributed by atoms with Gasteiger partial charge in [-0.1, -0.05) is 0 Å². The summed E-state index contributed by atoms with van der Waals surface area (Å²) < 4.78 is 0. The Hall–Kier alpha value is -0.750. The molecule has 0 radical (unpaired) electrons. The molecule has 0 bridgehead atoms. The second-order valence-electron chi connectivity index (χ2n) is 2.16. The van der Waals surface area contributed by atoms with Crippen LogP contribution >= 0.6 is 11.8 Å². The molecule has 5 N–H and O–H groups in total. The molecule has 0 aromatic rings. The van der Waals surface area contributed by atoms with E-state index in [1.165, 1.54) is 11.8 Å². The van der Waals surface area contributed by atoms with Gasteiger partial charge < -0.3 is 16.8 Å². The minimum atomic E-state index is -0.380. The van der Waals surface area contributed by atoms with Crippen molar-refractivity contribution in [3.8, 4) is 0 Å². The number of carbonyl (C=O) groups excluding carboxylic acids is 2. The average molecular weight is 191 g/mol. The first-order valence-corrected chi connectivity index (χ1v) is 4.63. The topological polar surface area (TPSA) is 98.2 Å². The molecule has 0 aromatic heterocycles. The quantitative estimate of drug-likeness (QED) is 0.417. The molecule has 5 nitrogen and oxygen atoms in total. The van der Waals surface area contributed by atoms with Gasteiger partial charge in [0, 0.05) is 12.3 Å². The van der Waals surface area contributed by atoms with Crippen LogP contribution in [0.3, 0.4) is 0 Å². The van der Waals surface area contributed by atoms with Gasteiger partial charge in [0.25, 0.3) is 0 Å². The number of nitrogens with two attached hydrogens (primary N) is 2. The van der Waals surface area contributed by atoms with Crippen molar-refractivity contribution >= 4 is 23.6 Å². The molecule has 0 aliphatic rings. The highest BCUT2D eigenvalue weighted by Crippen LogP contribution is 1.95. The number of hydrogen-bond acceptors (Lipinski definition) is 4. The molecule has 0 fully saturated rings. The molecule has 0 atom stereocenters. The first-order valence-electron chi connectivity index (χ1n) is 3.48. The molecule has 6 heteroatoms. The average Bonchev–Trinajstić information content (AvgIpc) is 1.95. The number of hydrogen-bond donors (Lipinski definition) is 3. The normalized spacial score (nSPS) is 9.67. The third-order valence-corrected chi connectivity index (χ3v) is 1.95. The van der Waals surface area contributed by atoms with E-state index in [1.807, 2.05) is 0 Å². The van der Waals surface area contributed by atoms with Crippen molar-refractivity contribution in [2.45, 2.75) is 0 Å². The fraction of sp³-hybridized carbons (Fsp3) is 0.667. The summed E-state index contributed by atoms with van der Waals surface area (Å²) in [7, 11) is 0.